The predicted octanol–water partition coefficient (Wildman–Crippen LogP) is 3.51. The Bertz CT molecular complexity index is 377. The lowest BCUT2D eigenvalue weighted by atomic mass is 10.1. The third kappa shape index (κ3) is 3.30. The molecule has 88 valence electrons. The molecule has 1 aromatic rings. The van der Waals surface area contributed by atoms with Gasteiger partial charge in [0.25, 0.3) is 5.91 Å². The summed E-state index contributed by atoms with van der Waals surface area (Å²) in [6.07, 6.45) is 1.70. The van der Waals surface area contributed by atoms with Crippen LogP contribution in [0, 0.1) is 5.82 Å². The lowest BCUT2D eigenvalue weighted by molar-refractivity contribution is 0.0931. The Balaban J connectivity index is 2.80. The van der Waals surface area contributed by atoms with E-state index in [2.05, 4.69) is 21.2 Å². The molecule has 1 amide bonds. The van der Waals surface area contributed by atoms with Crippen LogP contribution in [-0.4, -0.2) is 11.9 Å². The summed E-state index contributed by atoms with van der Waals surface area (Å²) in [7, 11) is 0. The normalized spacial score (nSPS) is 10.6. The highest BCUT2D eigenvalue weighted by molar-refractivity contribution is 9.10. The number of nitrogens with one attached hydrogen (secondary N) is 1. The summed E-state index contributed by atoms with van der Waals surface area (Å²) < 4.78 is 14.1. The van der Waals surface area contributed by atoms with Gasteiger partial charge in [0.1, 0.15) is 5.82 Å². The number of hydrogen-bond acceptors (Lipinski definition) is 1. The molecule has 0 heterocycles. The van der Waals surface area contributed by atoms with Gasteiger partial charge < -0.3 is 5.32 Å². The number of carbonyl (C=O) groups excluding carboxylic acids is 1. The molecular formula is C12H15BrFNO. The van der Waals surface area contributed by atoms with E-state index in [0.29, 0.717) is 4.47 Å². The van der Waals surface area contributed by atoms with Gasteiger partial charge in [-0.05, 0) is 31.0 Å². The van der Waals surface area contributed by atoms with Crippen molar-refractivity contribution in [3.05, 3.63) is 34.1 Å². The van der Waals surface area contributed by atoms with Gasteiger partial charge in [0.15, 0.2) is 0 Å². The molecule has 0 aliphatic carbocycles. The van der Waals surface area contributed by atoms with Crippen LogP contribution in [-0.2, 0) is 0 Å². The molecule has 16 heavy (non-hydrogen) atoms. The van der Waals surface area contributed by atoms with Crippen molar-refractivity contribution in [2.45, 2.75) is 32.7 Å². The molecule has 0 saturated carbocycles. The molecule has 0 aliphatic heterocycles. The minimum absolute atomic E-state index is 0.0927. The summed E-state index contributed by atoms with van der Waals surface area (Å²) in [6.45, 7) is 3.98. The molecule has 1 N–H and O–H groups in total. The second kappa shape index (κ2) is 5.99. The highest BCUT2D eigenvalue weighted by Gasteiger charge is 2.14. The summed E-state index contributed by atoms with van der Waals surface area (Å²) in [4.78, 5) is 11.7. The first-order chi connectivity index (χ1) is 7.58. The van der Waals surface area contributed by atoms with Crippen molar-refractivity contribution < 1.29 is 9.18 Å². The number of hydrogen-bond donors (Lipinski definition) is 1. The molecule has 0 bridgehead atoms. The van der Waals surface area contributed by atoms with E-state index in [1.165, 1.54) is 12.1 Å². The van der Waals surface area contributed by atoms with Crippen molar-refractivity contribution in [3.8, 4) is 0 Å². The second-order valence-corrected chi connectivity index (χ2v) is 4.53. The average Bonchev–Trinajstić information content (AvgIpc) is 2.25. The van der Waals surface area contributed by atoms with Crippen LogP contribution in [0.25, 0.3) is 0 Å². The molecule has 0 aromatic heterocycles. The smallest absolute Gasteiger partial charge is 0.254 e. The van der Waals surface area contributed by atoms with Crippen molar-refractivity contribution in [2.24, 2.45) is 0 Å². The monoisotopic (exact) mass is 287 g/mol. The van der Waals surface area contributed by atoms with E-state index in [0.717, 1.165) is 12.8 Å². The number of rotatable bonds is 4. The maximum atomic E-state index is 13.5. The highest BCUT2D eigenvalue weighted by atomic mass is 79.9. The van der Waals surface area contributed by atoms with E-state index >= 15 is 0 Å². The van der Waals surface area contributed by atoms with Gasteiger partial charge in [0.05, 0.1) is 5.56 Å². The van der Waals surface area contributed by atoms with Gasteiger partial charge in [-0.1, -0.05) is 29.8 Å². The SMILES string of the molecule is CCC(CC)NC(=O)c1ccc(Br)cc1F. The van der Waals surface area contributed by atoms with Crippen LogP contribution in [0.1, 0.15) is 37.0 Å². The van der Waals surface area contributed by atoms with Crippen LogP contribution >= 0.6 is 15.9 Å². The van der Waals surface area contributed by atoms with Crippen LogP contribution in [0.5, 0.6) is 0 Å². The molecule has 0 fully saturated rings. The van der Waals surface area contributed by atoms with E-state index in [1.54, 1.807) is 6.07 Å². The Morgan fingerprint density at radius 1 is 1.44 bits per heavy atom. The zero-order chi connectivity index (χ0) is 12.1. The van der Waals surface area contributed by atoms with Crippen LogP contribution < -0.4 is 5.32 Å². The van der Waals surface area contributed by atoms with Gasteiger partial charge in [0.2, 0.25) is 0 Å². The topological polar surface area (TPSA) is 29.1 Å². The Hall–Kier alpha value is -0.900. The molecule has 1 rings (SSSR count). The van der Waals surface area contributed by atoms with Gasteiger partial charge in [-0.25, -0.2) is 4.39 Å². The highest BCUT2D eigenvalue weighted by Crippen LogP contribution is 2.15. The quantitative estimate of drug-likeness (QED) is 0.902. The van der Waals surface area contributed by atoms with Crippen molar-refractivity contribution in [1.82, 2.24) is 5.32 Å². The van der Waals surface area contributed by atoms with E-state index < -0.39 is 5.82 Å². The Kier molecular flexibility index (Phi) is 4.93. The summed E-state index contributed by atoms with van der Waals surface area (Å²) in [5, 5.41) is 2.80. The largest absolute Gasteiger partial charge is 0.349 e. The van der Waals surface area contributed by atoms with Gasteiger partial charge in [-0.15, -0.1) is 0 Å². The fraction of sp³-hybridized carbons (Fsp3) is 0.417. The standard InChI is InChI=1S/C12H15BrFNO/c1-3-9(4-2)15-12(16)10-6-5-8(13)7-11(10)14/h5-7,9H,3-4H2,1-2H3,(H,15,16). The zero-order valence-corrected chi connectivity index (χ0v) is 11.0. The van der Waals surface area contributed by atoms with Crippen molar-refractivity contribution in [2.75, 3.05) is 0 Å². The van der Waals surface area contributed by atoms with Gasteiger partial charge in [-0.3, -0.25) is 4.79 Å². The molecule has 4 heteroatoms. The summed E-state index contributed by atoms with van der Waals surface area (Å²) >= 11 is 3.15. The first-order valence-electron chi connectivity index (χ1n) is 5.34. The summed E-state index contributed by atoms with van der Waals surface area (Å²) in [6, 6.07) is 4.54. The fourth-order valence-electron chi connectivity index (χ4n) is 1.43. The molecule has 2 nitrogen and oxygen atoms in total. The lowest BCUT2D eigenvalue weighted by Gasteiger charge is -2.14. The number of amides is 1. The maximum absolute atomic E-state index is 13.5. The van der Waals surface area contributed by atoms with Gasteiger partial charge in [-0.2, -0.15) is 0 Å². The Morgan fingerprint density at radius 3 is 2.56 bits per heavy atom. The van der Waals surface area contributed by atoms with Crippen LogP contribution in [0.2, 0.25) is 0 Å². The van der Waals surface area contributed by atoms with Gasteiger partial charge >= 0.3 is 0 Å². The maximum Gasteiger partial charge on any atom is 0.254 e. The first-order valence-corrected chi connectivity index (χ1v) is 6.13. The van der Waals surface area contributed by atoms with E-state index in [4.69, 9.17) is 0 Å². The van der Waals surface area contributed by atoms with Crippen molar-refractivity contribution in [1.29, 1.82) is 0 Å². The minimum Gasteiger partial charge on any atom is -0.349 e. The molecular weight excluding hydrogens is 273 g/mol. The van der Waals surface area contributed by atoms with Crippen LogP contribution in [0.3, 0.4) is 0 Å². The van der Waals surface area contributed by atoms with Crippen LogP contribution in [0.4, 0.5) is 4.39 Å². The fourth-order valence-corrected chi connectivity index (χ4v) is 1.76. The third-order valence-corrected chi connectivity index (χ3v) is 2.99. The van der Waals surface area contributed by atoms with Crippen molar-refractivity contribution in [3.63, 3.8) is 0 Å². The van der Waals surface area contributed by atoms with E-state index in [1.807, 2.05) is 13.8 Å². The first kappa shape index (κ1) is 13.2. The second-order valence-electron chi connectivity index (χ2n) is 3.61. The minimum atomic E-state index is -0.502. The number of benzene rings is 1. The average molecular weight is 288 g/mol. The number of carbonyl (C=O) groups is 1. The molecule has 0 radical (unpaired) electrons. The molecule has 0 atom stereocenters. The molecule has 0 unspecified atom stereocenters. The van der Waals surface area contributed by atoms with E-state index in [9.17, 15) is 9.18 Å². The molecule has 0 spiro atoms. The van der Waals surface area contributed by atoms with Gasteiger partial charge in [0, 0.05) is 10.5 Å². The third-order valence-electron chi connectivity index (χ3n) is 2.50. The Labute approximate surface area is 103 Å². The lowest BCUT2D eigenvalue weighted by Crippen LogP contribution is -2.34. The summed E-state index contributed by atoms with van der Waals surface area (Å²) in [5.74, 6) is -0.850. The van der Waals surface area contributed by atoms with E-state index in [-0.39, 0.29) is 17.5 Å². The van der Waals surface area contributed by atoms with Crippen molar-refractivity contribution >= 4 is 21.8 Å². The molecule has 0 aliphatic rings. The molecule has 0 saturated heterocycles. The number of halogens is 2. The predicted molar refractivity (Wildman–Crippen MR) is 65.9 cm³/mol. The molecule has 1 aromatic carbocycles. The Morgan fingerprint density at radius 2 is 2.06 bits per heavy atom. The zero-order valence-electron chi connectivity index (χ0n) is 9.39. The van der Waals surface area contributed by atoms with Crippen LogP contribution in [0.15, 0.2) is 22.7 Å². The summed E-state index contributed by atoms with van der Waals surface area (Å²) in [5.41, 5.74) is 0.0927.